The van der Waals surface area contributed by atoms with Crippen molar-refractivity contribution in [1.82, 2.24) is 0 Å². The van der Waals surface area contributed by atoms with Crippen LogP contribution in [0.25, 0.3) is 0 Å². The minimum Gasteiger partial charge on any atom is -0.493 e. The Morgan fingerprint density at radius 2 is 1.67 bits per heavy atom. The maximum absolute atomic E-state index is 5.85. The van der Waals surface area contributed by atoms with Gasteiger partial charge in [-0.05, 0) is 42.4 Å². The Kier molecular flexibility index (Phi) is 8.78. The van der Waals surface area contributed by atoms with Gasteiger partial charge in [0, 0.05) is 18.8 Å². The van der Waals surface area contributed by atoms with Crippen molar-refractivity contribution in [2.24, 2.45) is 0 Å². The van der Waals surface area contributed by atoms with Gasteiger partial charge in [0.2, 0.25) is 0 Å². The van der Waals surface area contributed by atoms with Crippen LogP contribution in [0.1, 0.15) is 25.0 Å². The molecule has 0 saturated heterocycles. The third-order valence-corrected chi connectivity index (χ3v) is 4.81. The maximum atomic E-state index is 5.85. The van der Waals surface area contributed by atoms with E-state index in [2.05, 4.69) is 62.4 Å². The van der Waals surface area contributed by atoms with Crippen LogP contribution in [0.4, 0.5) is 0 Å². The van der Waals surface area contributed by atoms with E-state index < -0.39 is 0 Å². The van der Waals surface area contributed by atoms with Crippen LogP contribution in [0.2, 0.25) is 0 Å². The largest absolute Gasteiger partial charge is 0.493 e. The fourth-order valence-electron chi connectivity index (χ4n) is 2.57. The standard InChI is InChI=1S/C21H28O2S/c1-3-22-21(17-24-4-2)16-19-10-12-20(13-11-19)23-15-14-18-8-6-5-7-9-18/h5-13,21H,3-4,14-17H2,1-2H3/t21-/m0/s1. The SMILES string of the molecule is CCO[C@H](CSCC)Cc1ccc(OCCc2ccccc2)cc1. The van der Waals surface area contributed by atoms with Crippen molar-refractivity contribution in [3.05, 3.63) is 65.7 Å². The van der Waals surface area contributed by atoms with Crippen LogP contribution < -0.4 is 4.74 Å². The number of benzene rings is 2. The molecule has 0 unspecified atom stereocenters. The number of rotatable bonds is 11. The topological polar surface area (TPSA) is 18.5 Å². The number of hydrogen-bond donors (Lipinski definition) is 0. The molecule has 2 aromatic carbocycles. The van der Waals surface area contributed by atoms with Crippen LogP contribution in [0.3, 0.4) is 0 Å². The zero-order valence-corrected chi connectivity index (χ0v) is 15.6. The van der Waals surface area contributed by atoms with Crippen molar-refractivity contribution in [3.63, 3.8) is 0 Å². The summed E-state index contributed by atoms with van der Waals surface area (Å²) in [5.74, 6) is 3.13. The Morgan fingerprint density at radius 1 is 0.917 bits per heavy atom. The molecule has 0 bridgehead atoms. The molecule has 0 amide bonds. The van der Waals surface area contributed by atoms with Crippen LogP contribution in [0, 0.1) is 0 Å². The summed E-state index contributed by atoms with van der Waals surface area (Å²) < 4.78 is 11.7. The van der Waals surface area contributed by atoms with E-state index in [9.17, 15) is 0 Å². The van der Waals surface area contributed by atoms with Crippen molar-refractivity contribution >= 4 is 11.8 Å². The van der Waals surface area contributed by atoms with Gasteiger partial charge in [0.1, 0.15) is 5.75 Å². The van der Waals surface area contributed by atoms with Gasteiger partial charge in [-0.2, -0.15) is 11.8 Å². The Labute approximate surface area is 150 Å². The molecule has 2 nitrogen and oxygen atoms in total. The quantitative estimate of drug-likeness (QED) is 0.571. The van der Waals surface area contributed by atoms with Crippen LogP contribution in [0.15, 0.2) is 54.6 Å². The highest BCUT2D eigenvalue weighted by atomic mass is 32.2. The van der Waals surface area contributed by atoms with E-state index in [1.807, 2.05) is 17.8 Å². The van der Waals surface area contributed by atoms with Crippen LogP contribution in [-0.2, 0) is 17.6 Å². The molecule has 1 atom stereocenters. The van der Waals surface area contributed by atoms with E-state index >= 15 is 0 Å². The maximum Gasteiger partial charge on any atom is 0.119 e. The lowest BCUT2D eigenvalue weighted by Gasteiger charge is -2.16. The first-order valence-electron chi connectivity index (χ1n) is 8.76. The normalized spacial score (nSPS) is 12.1. The number of ether oxygens (including phenoxy) is 2. The zero-order valence-electron chi connectivity index (χ0n) is 14.7. The average molecular weight is 345 g/mol. The third kappa shape index (κ3) is 6.98. The highest BCUT2D eigenvalue weighted by molar-refractivity contribution is 7.99. The van der Waals surface area contributed by atoms with Gasteiger partial charge in [-0.15, -0.1) is 0 Å². The summed E-state index contributed by atoms with van der Waals surface area (Å²) in [6, 6.07) is 18.9. The van der Waals surface area contributed by atoms with Gasteiger partial charge >= 0.3 is 0 Å². The highest BCUT2D eigenvalue weighted by Gasteiger charge is 2.09. The van der Waals surface area contributed by atoms with Crippen molar-refractivity contribution in [2.75, 3.05) is 24.7 Å². The van der Waals surface area contributed by atoms with Crippen molar-refractivity contribution in [2.45, 2.75) is 32.8 Å². The molecule has 0 N–H and O–H groups in total. The second kappa shape index (κ2) is 11.2. The second-order valence-electron chi connectivity index (χ2n) is 5.67. The molecule has 0 saturated carbocycles. The van der Waals surface area contributed by atoms with Crippen molar-refractivity contribution in [3.8, 4) is 5.75 Å². The van der Waals surface area contributed by atoms with Gasteiger partial charge in [0.05, 0.1) is 12.7 Å². The van der Waals surface area contributed by atoms with Crippen molar-refractivity contribution in [1.29, 1.82) is 0 Å². The molecular weight excluding hydrogens is 316 g/mol. The number of hydrogen-bond acceptors (Lipinski definition) is 3. The molecule has 0 spiro atoms. The smallest absolute Gasteiger partial charge is 0.119 e. The van der Waals surface area contributed by atoms with Crippen LogP contribution in [-0.4, -0.2) is 30.8 Å². The highest BCUT2D eigenvalue weighted by Crippen LogP contribution is 2.16. The van der Waals surface area contributed by atoms with Gasteiger partial charge in [-0.1, -0.05) is 49.4 Å². The lowest BCUT2D eigenvalue weighted by Crippen LogP contribution is -2.19. The van der Waals surface area contributed by atoms with Gasteiger partial charge in [0.25, 0.3) is 0 Å². The lowest BCUT2D eigenvalue weighted by molar-refractivity contribution is 0.0801. The molecule has 0 aliphatic heterocycles. The van der Waals surface area contributed by atoms with E-state index in [-0.39, 0.29) is 0 Å². The van der Waals surface area contributed by atoms with Crippen LogP contribution in [0.5, 0.6) is 5.75 Å². The molecule has 0 heterocycles. The molecule has 3 heteroatoms. The number of thioether (sulfide) groups is 1. The first-order valence-corrected chi connectivity index (χ1v) is 9.92. The molecule has 0 fully saturated rings. The first kappa shape index (κ1) is 18.9. The lowest BCUT2D eigenvalue weighted by atomic mass is 10.1. The fraction of sp³-hybridized carbons (Fsp3) is 0.429. The fourth-order valence-corrected chi connectivity index (χ4v) is 3.28. The summed E-state index contributed by atoms with van der Waals surface area (Å²) in [4.78, 5) is 0. The second-order valence-corrected chi connectivity index (χ2v) is 6.99. The van der Waals surface area contributed by atoms with E-state index in [0.717, 1.165) is 36.7 Å². The molecule has 130 valence electrons. The van der Waals surface area contributed by atoms with Crippen molar-refractivity contribution < 1.29 is 9.47 Å². The summed E-state index contributed by atoms with van der Waals surface area (Å²) in [5, 5.41) is 0. The minimum atomic E-state index is 0.296. The molecule has 24 heavy (non-hydrogen) atoms. The van der Waals surface area contributed by atoms with Crippen LogP contribution >= 0.6 is 11.8 Å². The predicted molar refractivity (Wildman–Crippen MR) is 104 cm³/mol. The Bertz CT molecular complexity index is 554. The predicted octanol–water partition coefficient (Wildman–Crippen LogP) is 5.01. The van der Waals surface area contributed by atoms with Gasteiger partial charge < -0.3 is 9.47 Å². The van der Waals surface area contributed by atoms with Gasteiger partial charge in [-0.3, -0.25) is 0 Å². The van der Waals surface area contributed by atoms with Gasteiger partial charge in [0.15, 0.2) is 0 Å². The molecular formula is C21H28O2S. The molecule has 2 rings (SSSR count). The molecule has 2 aromatic rings. The molecule has 0 aromatic heterocycles. The van der Waals surface area contributed by atoms with E-state index in [0.29, 0.717) is 12.7 Å². The average Bonchev–Trinajstić information content (AvgIpc) is 2.62. The summed E-state index contributed by atoms with van der Waals surface area (Å²) >= 11 is 1.94. The summed E-state index contributed by atoms with van der Waals surface area (Å²) in [5.41, 5.74) is 2.61. The van der Waals surface area contributed by atoms with E-state index in [1.54, 1.807) is 0 Å². The van der Waals surface area contributed by atoms with E-state index in [4.69, 9.17) is 9.47 Å². The summed E-state index contributed by atoms with van der Waals surface area (Å²) in [6.45, 7) is 5.73. The molecule has 0 radical (unpaired) electrons. The summed E-state index contributed by atoms with van der Waals surface area (Å²) in [6.07, 6.45) is 2.19. The third-order valence-electron chi connectivity index (χ3n) is 3.80. The molecule has 0 aliphatic rings. The zero-order chi connectivity index (χ0) is 17.0. The summed E-state index contributed by atoms with van der Waals surface area (Å²) in [7, 11) is 0. The monoisotopic (exact) mass is 344 g/mol. The Hall–Kier alpha value is -1.45. The van der Waals surface area contributed by atoms with Gasteiger partial charge in [-0.25, -0.2) is 0 Å². The Morgan fingerprint density at radius 3 is 2.33 bits per heavy atom. The molecule has 0 aliphatic carbocycles. The van der Waals surface area contributed by atoms with E-state index in [1.165, 1.54) is 11.1 Å². The minimum absolute atomic E-state index is 0.296. The Balaban J connectivity index is 1.78. The first-order chi connectivity index (χ1) is 11.8.